The maximum Gasteiger partial charge on any atom is 0.235 e. The van der Waals surface area contributed by atoms with Crippen LogP contribution in [0.3, 0.4) is 0 Å². The van der Waals surface area contributed by atoms with Crippen LogP contribution in [0.4, 0.5) is 0 Å². The standard InChI is InChI=1S/C23H26N2O8/c1-8-9-6-5-7-10(33-4)12(9)17(26)13-11(8)18(27)15-16(25(2)3)19(28)14(22(24)31)21(30)23(15,32)20(13)29/h5-8,11,13-16,18,27,32H,1-4H3,(H2,24,31). The number of nitrogens with two attached hydrogens (primary N) is 1. The number of nitrogens with zero attached hydrogens (tertiary/aromatic N) is 1. The molecule has 10 heteroatoms. The van der Waals surface area contributed by atoms with Gasteiger partial charge in [-0.2, -0.15) is 0 Å². The van der Waals surface area contributed by atoms with Crippen molar-refractivity contribution in [2.45, 2.75) is 30.6 Å². The zero-order chi connectivity index (χ0) is 24.6. The van der Waals surface area contributed by atoms with Crippen LogP contribution in [0.5, 0.6) is 5.75 Å². The van der Waals surface area contributed by atoms with Gasteiger partial charge in [-0.05, 0) is 31.6 Å². The molecule has 4 N–H and O–H groups in total. The molecule has 8 atom stereocenters. The van der Waals surface area contributed by atoms with Crippen LogP contribution in [0, 0.1) is 23.7 Å². The van der Waals surface area contributed by atoms with E-state index in [9.17, 15) is 34.2 Å². The number of benzene rings is 1. The van der Waals surface area contributed by atoms with Gasteiger partial charge < -0.3 is 20.7 Å². The highest BCUT2D eigenvalue weighted by molar-refractivity contribution is 6.32. The van der Waals surface area contributed by atoms with Crippen LogP contribution < -0.4 is 10.5 Å². The van der Waals surface area contributed by atoms with Gasteiger partial charge in [-0.25, -0.2) is 0 Å². The number of likely N-dealkylation sites (N-methyl/N-ethyl adjacent to an activating group) is 1. The number of aliphatic hydroxyl groups is 2. The minimum atomic E-state index is -2.93. The number of hydrogen-bond acceptors (Lipinski definition) is 9. The minimum absolute atomic E-state index is 0.145. The molecule has 1 aromatic carbocycles. The molecular weight excluding hydrogens is 432 g/mol. The quantitative estimate of drug-likeness (QED) is 0.467. The van der Waals surface area contributed by atoms with Crippen molar-refractivity contribution in [1.82, 2.24) is 4.90 Å². The number of Topliss-reactive ketones (excluding diaryl/α,β-unsaturated/α-hetero) is 4. The third-order valence-corrected chi connectivity index (χ3v) is 7.56. The lowest BCUT2D eigenvalue weighted by atomic mass is 9.49. The lowest BCUT2D eigenvalue weighted by Gasteiger charge is -2.56. The Hall–Kier alpha value is -2.95. The van der Waals surface area contributed by atoms with E-state index in [4.69, 9.17) is 10.5 Å². The zero-order valence-corrected chi connectivity index (χ0v) is 18.6. The van der Waals surface area contributed by atoms with Crippen molar-refractivity contribution < 1.29 is 38.9 Å². The van der Waals surface area contributed by atoms with E-state index in [1.165, 1.54) is 26.1 Å². The predicted octanol–water partition coefficient (Wildman–Crippen LogP) is -1.30. The van der Waals surface area contributed by atoms with E-state index >= 15 is 0 Å². The van der Waals surface area contributed by atoms with Crippen LogP contribution in [0.15, 0.2) is 18.2 Å². The Balaban J connectivity index is 1.96. The summed E-state index contributed by atoms with van der Waals surface area (Å²) in [5, 5.41) is 23.0. The molecule has 3 aliphatic carbocycles. The molecule has 2 saturated carbocycles. The van der Waals surface area contributed by atoms with Gasteiger partial charge in [0.15, 0.2) is 34.7 Å². The lowest BCUT2D eigenvalue weighted by molar-refractivity contribution is -0.196. The van der Waals surface area contributed by atoms with Crippen LogP contribution in [0.1, 0.15) is 28.8 Å². The maximum atomic E-state index is 13.8. The van der Waals surface area contributed by atoms with Gasteiger partial charge in [0.05, 0.1) is 36.7 Å². The van der Waals surface area contributed by atoms with Crippen molar-refractivity contribution in [3.63, 3.8) is 0 Å². The predicted molar refractivity (Wildman–Crippen MR) is 112 cm³/mol. The fourth-order valence-corrected chi connectivity index (χ4v) is 6.11. The number of primary amides is 1. The molecule has 0 heterocycles. The molecule has 0 aromatic heterocycles. The van der Waals surface area contributed by atoms with Crippen LogP contribution in [-0.4, -0.2) is 83.1 Å². The largest absolute Gasteiger partial charge is 0.496 e. The number of ether oxygens (including phenoxy) is 1. The molecule has 0 radical (unpaired) electrons. The molecule has 3 aliphatic rings. The summed E-state index contributed by atoms with van der Waals surface area (Å²) in [7, 11) is 4.31. The Morgan fingerprint density at radius 2 is 1.79 bits per heavy atom. The second-order valence-electron chi connectivity index (χ2n) is 9.29. The fraction of sp³-hybridized carbons (Fsp3) is 0.522. The zero-order valence-electron chi connectivity index (χ0n) is 18.6. The molecule has 0 bridgehead atoms. The summed E-state index contributed by atoms with van der Waals surface area (Å²) in [4.78, 5) is 66.9. The minimum Gasteiger partial charge on any atom is -0.496 e. The number of aliphatic hydroxyl groups excluding tert-OH is 1. The number of amides is 1. The number of ketones is 4. The molecule has 0 saturated heterocycles. The topological polar surface area (TPSA) is 164 Å². The molecule has 176 valence electrons. The third-order valence-electron chi connectivity index (χ3n) is 7.56. The van der Waals surface area contributed by atoms with Crippen molar-refractivity contribution in [2.24, 2.45) is 29.4 Å². The van der Waals surface area contributed by atoms with Gasteiger partial charge in [-0.1, -0.05) is 19.1 Å². The molecule has 10 nitrogen and oxygen atoms in total. The first-order valence-corrected chi connectivity index (χ1v) is 10.6. The molecule has 0 aliphatic heterocycles. The summed E-state index contributed by atoms with van der Waals surface area (Å²) in [6, 6.07) is 3.58. The second kappa shape index (κ2) is 7.54. The molecule has 0 spiro atoms. The maximum absolute atomic E-state index is 13.8. The van der Waals surface area contributed by atoms with Gasteiger partial charge in [-0.15, -0.1) is 0 Å². The Kier molecular flexibility index (Phi) is 5.31. The van der Waals surface area contributed by atoms with Crippen LogP contribution >= 0.6 is 0 Å². The number of carbonyl (C=O) groups is 5. The number of carbonyl (C=O) groups excluding carboxylic acids is 5. The van der Waals surface area contributed by atoms with E-state index in [1.807, 2.05) is 0 Å². The molecule has 2 fully saturated rings. The molecule has 1 aromatic rings. The fourth-order valence-electron chi connectivity index (χ4n) is 6.11. The SMILES string of the molecule is COc1cccc2c1C(=O)C1C(=O)C3(O)C(=O)C(C(N)=O)C(=O)C(N(C)C)C3C(O)C1C2C. The van der Waals surface area contributed by atoms with E-state index in [2.05, 4.69) is 0 Å². The third kappa shape index (κ3) is 2.81. The van der Waals surface area contributed by atoms with Crippen molar-refractivity contribution in [3.05, 3.63) is 29.3 Å². The van der Waals surface area contributed by atoms with Crippen molar-refractivity contribution in [1.29, 1.82) is 0 Å². The smallest absolute Gasteiger partial charge is 0.235 e. The average Bonchev–Trinajstić information content (AvgIpc) is 2.75. The molecular formula is C23H26N2O8. The highest BCUT2D eigenvalue weighted by atomic mass is 16.5. The van der Waals surface area contributed by atoms with Crippen molar-refractivity contribution in [3.8, 4) is 5.75 Å². The van der Waals surface area contributed by atoms with Gasteiger partial charge in [-0.3, -0.25) is 28.9 Å². The Morgan fingerprint density at radius 1 is 1.15 bits per heavy atom. The lowest BCUT2D eigenvalue weighted by Crippen LogP contribution is -2.77. The van der Waals surface area contributed by atoms with Gasteiger partial charge in [0.25, 0.3) is 0 Å². The molecule has 8 unspecified atom stereocenters. The van der Waals surface area contributed by atoms with E-state index in [-0.39, 0.29) is 11.3 Å². The first-order chi connectivity index (χ1) is 15.4. The molecule has 1 amide bonds. The summed E-state index contributed by atoms with van der Waals surface area (Å²) in [5.74, 6) is -11.9. The summed E-state index contributed by atoms with van der Waals surface area (Å²) in [6.07, 6.45) is -1.58. The summed E-state index contributed by atoms with van der Waals surface area (Å²) < 4.78 is 5.30. The Bertz CT molecular complexity index is 1100. The van der Waals surface area contributed by atoms with Crippen molar-refractivity contribution in [2.75, 3.05) is 21.2 Å². The highest BCUT2D eigenvalue weighted by Crippen LogP contribution is 2.54. The van der Waals surface area contributed by atoms with E-state index in [1.54, 1.807) is 25.1 Å². The highest BCUT2D eigenvalue weighted by Gasteiger charge is 2.72. The Labute approximate surface area is 189 Å². The summed E-state index contributed by atoms with van der Waals surface area (Å²) >= 11 is 0. The van der Waals surface area contributed by atoms with Crippen LogP contribution in [0.25, 0.3) is 0 Å². The van der Waals surface area contributed by atoms with Gasteiger partial charge in [0.1, 0.15) is 5.75 Å². The van der Waals surface area contributed by atoms with Gasteiger partial charge >= 0.3 is 0 Å². The van der Waals surface area contributed by atoms with E-state index in [0.717, 1.165) is 0 Å². The number of fused-ring (bicyclic) bond motifs is 3. The first kappa shape index (κ1) is 23.2. The van der Waals surface area contributed by atoms with E-state index < -0.39 is 76.4 Å². The first-order valence-electron chi connectivity index (χ1n) is 10.6. The molecule has 33 heavy (non-hydrogen) atoms. The normalized spacial score (nSPS) is 38.0. The van der Waals surface area contributed by atoms with Gasteiger partial charge in [0.2, 0.25) is 5.91 Å². The molecule has 4 rings (SSSR count). The summed E-state index contributed by atoms with van der Waals surface area (Å²) in [5.41, 5.74) is 3.06. The van der Waals surface area contributed by atoms with Crippen LogP contribution in [0.2, 0.25) is 0 Å². The Morgan fingerprint density at radius 3 is 2.33 bits per heavy atom. The number of rotatable bonds is 3. The monoisotopic (exact) mass is 458 g/mol. The van der Waals surface area contributed by atoms with E-state index in [0.29, 0.717) is 5.56 Å². The van der Waals surface area contributed by atoms with Gasteiger partial charge in [0, 0.05) is 5.92 Å². The number of hydrogen-bond donors (Lipinski definition) is 3. The second-order valence-corrected chi connectivity index (χ2v) is 9.29. The average molecular weight is 458 g/mol. The van der Waals surface area contributed by atoms with Crippen molar-refractivity contribution >= 4 is 29.0 Å². The summed E-state index contributed by atoms with van der Waals surface area (Å²) in [6.45, 7) is 1.73. The van der Waals surface area contributed by atoms with Crippen LogP contribution in [-0.2, 0) is 19.2 Å². The number of methoxy groups -OCH3 is 1.